The zero-order valence-electron chi connectivity index (χ0n) is 16.3. The molecule has 5 nitrogen and oxygen atoms in total. The van der Waals surface area contributed by atoms with Gasteiger partial charge in [0.2, 0.25) is 0 Å². The Hall–Kier alpha value is -2.37. The lowest BCUT2D eigenvalue weighted by Gasteiger charge is -2.23. The van der Waals surface area contributed by atoms with E-state index in [0.717, 1.165) is 10.9 Å². The fourth-order valence-electron chi connectivity index (χ4n) is 3.32. The standard InChI is InChI=1S/C21H23Cl2N3O2/c1-11(2)16-8-13-7-15(28-20(13)19(23)12(16)3)10-26(21(24)25)17-9-14(22)5-6-18(17)27-4/h5-9,11H,10H2,1-4H3,(H3,24,25). The largest absolute Gasteiger partial charge is 0.495 e. The van der Waals surface area contributed by atoms with Crippen molar-refractivity contribution in [3.8, 4) is 5.75 Å². The highest BCUT2D eigenvalue weighted by Gasteiger charge is 2.20. The number of methoxy groups -OCH3 is 1. The molecule has 0 atom stereocenters. The van der Waals surface area contributed by atoms with Gasteiger partial charge in [0.15, 0.2) is 11.5 Å². The summed E-state index contributed by atoms with van der Waals surface area (Å²) in [7, 11) is 1.56. The van der Waals surface area contributed by atoms with Gasteiger partial charge in [0.05, 0.1) is 24.4 Å². The van der Waals surface area contributed by atoms with Crippen LogP contribution in [0.5, 0.6) is 5.75 Å². The Balaban J connectivity index is 2.06. The van der Waals surface area contributed by atoms with Crippen LogP contribution in [-0.2, 0) is 6.54 Å². The fraction of sp³-hybridized carbons (Fsp3) is 0.286. The number of nitrogens with one attached hydrogen (secondary N) is 1. The van der Waals surface area contributed by atoms with Crippen molar-refractivity contribution in [2.75, 3.05) is 12.0 Å². The molecule has 0 aliphatic heterocycles. The van der Waals surface area contributed by atoms with Gasteiger partial charge in [-0.1, -0.05) is 37.0 Å². The van der Waals surface area contributed by atoms with Crippen molar-refractivity contribution in [3.63, 3.8) is 0 Å². The maximum Gasteiger partial charge on any atom is 0.193 e. The van der Waals surface area contributed by atoms with Gasteiger partial charge < -0.3 is 19.8 Å². The van der Waals surface area contributed by atoms with Crippen molar-refractivity contribution in [1.82, 2.24) is 0 Å². The number of hydrogen-bond acceptors (Lipinski definition) is 3. The number of furan rings is 1. The van der Waals surface area contributed by atoms with Gasteiger partial charge in [-0.05, 0) is 54.3 Å². The second-order valence-electron chi connectivity index (χ2n) is 6.98. The molecule has 0 saturated carbocycles. The lowest BCUT2D eigenvalue weighted by Crippen LogP contribution is -2.36. The summed E-state index contributed by atoms with van der Waals surface area (Å²) in [5.74, 6) is 1.40. The number of hydrogen-bond donors (Lipinski definition) is 2. The van der Waals surface area contributed by atoms with Crippen LogP contribution in [0.15, 0.2) is 34.7 Å². The highest BCUT2D eigenvalue weighted by atomic mass is 35.5. The van der Waals surface area contributed by atoms with Crippen LogP contribution in [0.1, 0.15) is 36.7 Å². The van der Waals surface area contributed by atoms with Gasteiger partial charge in [-0.15, -0.1) is 0 Å². The third kappa shape index (κ3) is 3.77. The van der Waals surface area contributed by atoms with Crippen LogP contribution < -0.4 is 15.4 Å². The first-order valence-electron chi connectivity index (χ1n) is 8.89. The average Bonchev–Trinajstić information content (AvgIpc) is 3.05. The van der Waals surface area contributed by atoms with Gasteiger partial charge in [-0.3, -0.25) is 5.41 Å². The second-order valence-corrected chi connectivity index (χ2v) is 7.79. The fourth-order valence-corrected chi connectivity index (χ4v) is 3.74. The first kappa shape index (κ1) is 20.4. The van der Waals surface area contributed by atoms with Crippen LogP contribution in [0.25, 0.3) is 11.0 Å². The van der Waals surface area contributed by atoms with Crippen molar-refractivity contribution in [3.05, 3.63) is 57.3 Å². The van der Waals surface area contributed by atoms with E-state index < -0.39 is 0 Å². The number of guanidine groups is 1. The Labute approximate surface area is 174 Å². The highest BCUT2D eigenvalue weighted by Crippen LogP contribution is 2.37. The van der Waals surface area contributed by atoms with Crippen LogP contribution >= 0.6 is 23.2 Å². The predicted octanol–water partition coefficient (Wildman–Crippen LogP) is 6.08. The van der Waals surface area contributed by atoms with Crippen molar-refractivity contribution in [2.24, 2.45) is 5.73 Å². The van der Waals surface area contributed by atoms with Gasteiger partial charge in [0.1, 0.15) is 11.5 Å². The molecule has 0 aliphatic rings. The minimum atomic E-state index is -0.147. The normalized spacial score (nSPS) is 11.2. The molecule has 3 aromatic rings. The first-order chi connectivity index (χ1) is 13.2. The van der Waals surface area contributed by atoms with E-state index in [1.54, 1.807) is 30.2 Å². The number of halogens is 2. The van der Waals surface area contributed by atoms with Crippen LogP contribution in [-0.4, -0.2) is 13.1 Å². The Morgan fingerprint density at radius 3 is 2.57 bits per heavy atom. The SMILES string of the molecule is COc1ccc(Cl)cc1N(Cc1cc2cc(C(C)C)c(C)c(Cl)c2o1)C(=N)N. The number of rotatable bonds is 5. The molecule has 0 radical (unpaired) electrons. The molecular formula is C21H23Cl2N3O2. The van der Waals surface area contributed by atoms with E-state index in [1.165, 1.54) is 5.56 Å². The van der Waals surface area contributed by atoms with Crippen LogP contribution in [0.2, 0.25) is 10.0 Å². The number of fused-ring (bicyclic) bond motifs is 1. The molecule has 0 amide bonds. The molecule has 0 saturated heterocycles. The minimum absolute atomic E-state index is 0.147. The Kier molecular flexibility index (Phi) is 5.77. The third-order valence-electron chi connectivity index (χ3n) is 4.74. The number of benzene rings is 2. The maximum atomic E-state index is 8.02. The van der Waals surface area contributed by atoms with Crippen molar-refractivity contribution >= 4 is 45.8 Å². The Morgan fingerprint density at radius 2 is 1.96 bits per heavy atom. The zero-order chi connectivity index (χ0) is 20.6. The topological polar surface area (TPSA) is 75.5 Å². The van der Waals surface area contributed by atoms with Crippen molar-refractivity contribution in [1.29, 1.82) is 5.41 Å². The van der Waals surface area contributed by atoms with E-state index in [4.69, 9.17) is 43.5 Å². The minimum Gasteiger partial charge on any atom is -0.495 e. The summed E-state index contributed by atoms with van der Waals surface area (Å²) in [6.07, 6.45) is 0. The quantitative estimate of drug-likeness (QED) is 0.387. The molecule has 0 aliphatic carbocycles. The van der Waals surface area contributed by atoms with Crippen molar-refractivity contribution in [2.45, 2.75) is 33.2 Å². The molecule has 1 aromatic heterocycles. The monoisotopic (exact) mass is 419 g/mol. The van der Waals surface area contributed by atoms with Gasteiger partial charge in [0.25, 0.3) is 0 Å². The molecule has 3 N–H and O–H groups in total. The lowest BCUT2D eigenvalue weighted by atomic mass is 9.96. The molecule has 0 unspecified atom stereocenters. The molecule has 2 aromatic carbocycles. The molecular weight excluding hydrogens is 397 g/mol. The Morgan fingerprint density at radius 1 is 1.25 bits per heavy atom. The first-order valence-corrected chi connectivity index (χ1v) is 9.65. The van der Waals surface area contributed by atoms with E-state index in [1.807, 2.05) is 13.0 Å². The van der Waals surface area contributed by atoms with E-state index in [2.05, 4.69) is 19.9 Å². The van der Waals surface area contributed by atoms with Gasteiger partial charge in [-0.2, -0.15) is 0 Å². The summed E-state index contributed by atoms with van der Waals surface area (Å²) in [5.41, 5.74) is 9.28. The smallest absolute Gasteiger partial charge is 0.193 e. The summed E-state index contributed by atoms with van der Waals surface area (Å²) in [5, 5.41) is 10.1. The number of anilines is 1. The van der Waals surface area contributed by atoms with E-state index in [0.29, 0.717) is 38.7 Å². The van der Waals surface area contributed by atoms with Crippen molar-refractivity contribution < 1.29 is 9.15 Å². The van der Waals surface area contributed by atoms with E-state index in [9.17, 15) is 0 Å². The maximum absolute atomic E-state index is 8.02. The summed E-state index contributed by atoms with van der Waals surface area (Å²) in [6.45, 7) is 6.51. The van der Waals surface area contributed by atoms with Gasteiger partial charge >= 0.3 is 0 Å². The summed E-state index contributed by atoms with van der Waals surface area (Å²) < 4.78 is 11.4. The lowest BCUT2D eigenvalue weighted by molar-refractivity contribution is 0.415. The van der Waals surface area contributed by atoms with Crippen LogP contribution in [0.3, 0.4) is 0 Å². The molecule has 28 heavy (non-hydrogen) atoms. The average molecular weight is 420 g/mol. The summed E-state index contributed by atoms with van der Waals surface area (Å²) >= 11 is 12.7. The molecule has 1 heterocycles. The molecule has 0 bridgehead atoms. The number of nitrogens with zero attached hydrogens (tertiary/aromatic N) is 1. The number of nitrogens with two attached hydrogens (primary N) is 1. The van der Waals surface area contributed by atoms with E-state index >= 15 is 0 Å². The molecule has 3 rings (SSSR count). The molecule has 7 heteroatoms. The van der Waals surface area contributed by atoms with E-state index in [-0.39, 0.29) is 12.5 Å². The Bertz CT molecular complexity index is 1040. The van der Waals surface area contributed by atoms with Crippen LogP contribution in [0.4, 0.5) is 5.69 Å². The molecule has 0 spiro atoms. The number of ether oxygens (including phenoxy) is 1. The zero-order valence-corrected chi connectivity index (χ0v) is 17.8. The molecule has 148 valence electrons. The highest BCUT2D eigenvalue weighted by molar-refractivity contribution is 6.35. The summed E-state index contributed by atoms with van der Waals surface area (Å²) in [4.78, 5) is 1.58. The predicted molar refractivity (Wildman–Crippen MR) is 116 cm³/mol. The van der Waals surface area contributed by atoms with Crippen LogP contribution in [0, 0.1) is 12.3 Å². The van der Waals surface area contributed by atoms with Gasteiger partial charge in [0, 0.05) is 10.4 Å². The second kappa shape index (κ2) is 7.94. The molecule has 0 fully saturated rings. The van der Waals surface area contributed by atoms with Gasteiger partial charge in [-0.25, -0.2) is 0 Å². The third-order valence-corrected chi connectivity index (χ3v) is 5.43. The summed E-state index contributed by atoms with van der Waals surface area (Å²) in [6, 6.07) is 9.20.